The van der Waals surface area contributed by atoms with E-state index in [4.69, 9.17) is 4.52 Å². The van der Waals surface area contributed by atoms with Gasteiger partial charge in [0, 0.05) is 30.1 Å². The summed E-state index contributed by atoms with van der Waals surface area (Å²) in [5.41, 5.74) is 2.92. The predicted molar refractivity (Wildman–Crippen MR) is 99.3 cm³/mol. The van der Waals surface area contributed by atoms with E-state index in [9.17, 15) is 14.7 Å². The first-order chi connectivity index (χ1) is 12.8. The van der Waals surface area contributed by atoms with Crippen molar-refractivity contribution in [3.63, 3.8) is 0 Å². The molecule has 2 N–H and O–H groups in total. The van der Waals surface area contributed by atoms with Gasteiger partial charge in [-0.15, -0.1) is 0 Å². The van der Waals surface area contributed by atoms with Gasteiger partial charge in [0.25, 0.3) is 5.91 Å². The number of phenolic OH excluding ortho intramolecular Hbond substituents is 1. The van der Waals surface area contributed by atoms with Gasteiger partial charge in [0.15, 0.2) is 0 Å². The van der Waals surface area contributed by atoms with Gasteiger partial charge in [0.1, 0.15) is 11.5 Å². The maximum absolute atomic E-state index is 12.5. The maximum Gasteiger partial charge on any atom is 0.251 e. The van der Waals surface area contributed by atoms with Crippen molar-refractivity contribution in [2.75, 3.05) is 6.54 Å². The molecule has 1 atom stereocenters. The average Bonchev–Trinajstić information content (AvgIpc) is 2.84. The van der Waals surface area contributed by atoms with Crippen LogP contribution in [0.4, 0.5) is 0 Å². The fourth-order valence-corrected chi connectivity index (χ4v) is 3.33. The molecule has 1 saturated heterocycles. The third kappa shape index (κ3) is 4.30. The standard InChI is InChI=1S/C20H25N3O4/c1-12-10-15(4-6-18(12)24)20(26)21-16-5-7-19(25)23(9-8-16)11-17-13(2)22-27-14(17)3/h4,6,10,16,24H,5,7-9,11H2,1-3H3,(H,21,26). The highest BCUT2D eigenvalue weighted by molar-refractivity contribution is 5.94. The van der Waals surface area contributed by atoms with Crippen LogP contribution in [-0.2, 0) is 11.3 Å². The van der Waals surface area contributed by atoms with E-state index in [0.717, 1.165) is 17.0 Å². The number of phenols is 1. The van der Waals surface area contributed by atoms with Gasteiger partial charge in [-0.05, 0) is 57.4 Å². The molecule has 7 nitrogen and oxygen atoms in total. The molecule has 0 saturated carbocycles. The number of amides is 2. The molecule has 1 aliphatic rings. The zero-order valence-electron chi connectivity index (χ0n) is 15.9. The zero-order chi connectivity index (χ0) is 19.6. The van der Waals surface area contributed by atoms with Crippen LogP contribution in [0.3, 0.4) is 0 Å². The van der Waals surface area contributed by atoms with Crippen molar-refractivity contribution in [1.29, 1.82) is 0 Å². The number of carbonyl (C=O) groups excluding carboxylic acids is 2. The number of likely N-dealkylation sites (tertiary alicyclic amines) is 1. The summed E-state index contributed by atoms with van der Waals surface area (Å²) in [6.07, 6.45) is 1.70. The number of nitrogens with one attached hydrogen (secondary N) is 1. The van der Waals surface area contributed by atoms with Crippen molar-refractivity contribution in [2.24, 2.45) is 0 Å². The van der Waals surface area contributed by atoms with Crippen LogP contribution in [0.15, 0.2) is 22.7 Å². The van der Waals surface area contributed by atoms with Crippen LogP contribution in [0.25, 0.3) is 0 Å². The van der Waals surface area contributed by atoms with Gasteiger partial charge in [-0.3, -0.25) is 9.59 Å². The van der Waals surface area contributed by atoms with Crippen molar-refractivity contribution in [1.82, 2.24) is 15.4 Å². The van der Waals surface area contributed by atoms with Crippen molar-refractivity contribution in [2.45, 2.75) is 52.6 Å². The van der Waals surface area contributed by atoms with Gasteiger partial charge in [0.05, 0.1) is 12.2 Å². The Balaban J connectivity index is 1.62. The summed E-state index contributed by atoms with van der Waals surface area (Å²) in [6.45, 7) is 6.53. The van der Waals surface area contributed by atoms with E-state index in [0.29, 0.717) is 43.5 Å². The highest BCUT2D eigenvalue weighted by Gasteiger charge is 2.25. The first-order valence-corrected chi connectivity index (χ1v) is 9.15. The molecule has 1 unspecified atom stereocenters. The minimum absolute atomic E-state index is 0.0646. The third-order valence-electron chi connectivity index (χ3n) is 5.13. The zero-order valence-corrected chi connectivity index (χ0v) is 15.9. The Morgan fingerprint density at radius 3 is 2.78 bits per heavy atom. The van der Waals surface area contributed by atoms with E-state index in [1.165, 1.54) is 6.07 Å². The van der Waals surface area contributed by atoms with Crippen LogP contribution in [0, 0.1) is 20.8 Å². The van der Waals surface area contributed by atoms with Crippen LogP contribution in [-0.4, -0.2) is 39.6 Å². The number of nitrogens with zero attached hydrogens (tertiary/aromatic N) is 2. The Kier molecular flexibility index (Phi) is 5.48. The second-order valence-corrected chi connectivity index (χ2v) is 7.12. The number of aromatic hydroxyl groups is 1. The van der Waals surface area contributed by atoms with Crippen LogP contribution in [0.5, 0.6) is 5.75 Å². The first kappa shape index (κ1) is 18.9. The molecule has 2 aromatic rings. The van der Waals surface area contributed by atoms with Crippen molar-refractivity contribution < 1.29 is 19.2 Å². The van der Waals surface area contributed by atoms with Gasteiger partial charge in [-0.25, -0.2) is 0 Å². The molecule has 0 bridgehead atoms. The molecule has 1 aliphatic heterocycles. The molecule has 0 spiro atoms. The van der Waals surface area contributed by atoms with Crippen LogP contribution in [0.2, 0.25) is 0 Å². The lowest BCUT2D eigenvalue weighted by Gasteiger charge is -2.21. The summed E-state index contributed by atoms with van der Waals surface area (Å²) in [5, 5.41) is 16.6. The van der Waals surface area contributed by atoms with Gasteiger partial charge in [-0.1, -0.05) is 5.16 Å². The van der Waals surface area contributed by atoms with E-state index in [-0.39, 0.29) is 23.6 Å². The van der Waals surface area contributed by atoms with Crippen molar-refractivity contribution in [3.05, 3.63) is 46.3 Å². The smallest absolute Gasteiger partial charge is 0.251 e. The molecule has 27 heavy (non-hydrogen) atoms. The lowest BCUT2D eigenvalue weighted by molar-refractivity contribution is -0.131. The monoisotopic (exact) mass is 371 g/mol. The molecular formula is C20H25N3O4. The Hall–Kier alpha value is -2.83. The summed E-state index contributed by atoms with van der Waals surface area (Å²) in [6, 6.07) is 4.72. The maximum atomic E-state index is 12.5. The Morgan fingerprint density at radius 1 is 1.33 bits per heavy atom. The lowest BCUT2D eigenvalue weighted by Crippen LogP contribution is -2.36. The second kappa shape index (κ2) is 7.82. The molecule has 2 amide bonds. The molecule has 3 rings (SSSR count). The highest BCUT2D eigenvalue weighted by atomic mass is 16.5. The highest BCUT2D eigenvalue weighted by Crippen LogP contribution is 2.20. The number of carbonyl (C=O) groups is 2. The van der Waals surface area contributed by atoms with E-state index < -0.39 is 0 Å². The number of hydrogen-bond acceptors (Lipinski definition) is 5. The van der Waals surface area contributed by atoms with Gasteiger partial charge in [0.2, 0.25) is 5.91 Å². The van der Waals surface area contributed by atoms with Crippen molar-refractivity contribution >= 4 is 11.8 Å². The topological polar surface area (TPSA) is 95.7 Å². The summed E-state index contributed by atoms with van der Waals surface area (Å²) in [5.74, 6) is 0.792. The minimum atomic E-state index is -0.185. The lowest BCUT2D eigenvalue weighted by atomic mass is 10.1. The predicted octanol–water partition coefficient (Wildman–Crippen LogP) is 2.62. The molecule has 1 aromatic carbocycles. The van der Waals surface area contributed by atoms with E-state index in [1.54, 1.807) is 19.1 Å². The van der Waals surface area contributed by atoms with Crippen LogP contribution in [0.1, 0.15) is 52.2 Å². The van der Waals surface area contributed by atoms with Gasteiger partial charge in [-0.2, -0.15) is 0 Å². The quantitative estimate of drug-likeness (QED) is 0.861. The summed E-state index contributed by atoms with van der Waals surface area (Å²) in [4.78, 5) is 26.8. The number of aryl methyl sites for hydroxylation is 3. The second-order valence-electron chi connectivity index (χ2n) is 7.12. The largest absolute Gasteiger partial charge is 0.508 e. The van der Waals surface area contributed by atoms with Crippen LogP contribution >= 0.6 is 0 Å². The molecule has 0 aliphatic carbocycles. The van der Waals surface area contributed by atoms with E-state index >= 15 is 0 Å². The number of benzene rings is 1. The average molecular weight is 371 g/mol. The first-order valence-electron chi connectivity index (χ1n) is 9.15. The Labute approximate surface area is 158 Å². The summed E-state index contributed by atoms with van der Waals surface area (Å²) in [7, 11) is 0. The molecule has 7 heteroatoms. The number of aromatic nitrogens is 1. The SMILES string of the molecule is Cc1cc(C(=O)NC2CCC(=O)N(Cc3c(C)noc3C)CC2)ccc1O. The van der Waals surface area contributed by atoms with E-state index in [1.807, 2.05) is 18.7 Å². The molecule has 2 heterocycles. The summed E-state index contributed by atoms with van der Waals surface area (Å²) < 4.78 is 5.18. The molecule has 144 valence electrons. The summed E-state index contributed by atoms with van der Waals surface area (Å²) >= 11 is 0. The molecule has 0 radical (unpaired) electrons. The van der Waals surface area contributed by atoms with Crippen LogP contribution < -0.4 is 5.32 Å². The Morgan fingerprint density at radius 2 is 2.11 bits per heavy atom. The molecule has 1 fully saturated rings. The number of hydrogen-bond donors (Lipinski definition) is 2. The van der Waals surface area contributed by atoms with E-state index in [2.05, 4.69) is 10.5 Å². The van der Waals surface area contributed by atoms with Gasteiger partial charge < -0.3 is 19.8 Å². The van der Waals surface area contributed by atoms with Gasteiger partial charge >= 0.3 is 0 Å². The fraction of sp³-hybridized carbons (Fsp3) is 0.450. The van der Waals surface area contributed by atoms with Crippen molar-refractivity contribution in [3.8, 4) is 5.75 Å². The Bertz CT molecular complexity index is 839. The normalized spacial score (nSPS) is 17.7. The molecule has 1 aromatic heterocycles. The minimum Gasteiger partial charge on any atom is -0.508 e. The molecular weight excluding hydrogens is 346 g/mol. The third-order valence-corrected chi connectivity index (χ3v) is 5.13. The number of rotatable bonds is 4. The fourth-order valence-electron chi connectivity index (χ4n) is 3.33.